The summed E-state index contributed by atoms with van der Waals surface area (Å²) in [4.78, 5) is 14.4. The average Bonchev–Trinajstić information content (AvgIpc) is 2.86. The second kappa shape index (κ2) is 11.7. The molecule has 0 aromatic heterocycles. The molecule has 0 bridgehead atoms. The van der Waals surface area contributed by atoms with Crippen molar-refractivity contribution in [1.29, 1.82) is 0 Å². The van der Waals surface area contributed by atoms with Gasteiger partial charge >= 0.3 is 0 Å². The summed E-state index contributed by atoms with van der Waals surface area (Å²) in [5.74, 6) is -0.0522. The molecular weight excluding hydrogens is 470 g/mol. The van der Waals surface area contributed by atoms with Crippen LogP contribution in [0, 0.1) is 13.8 Å². The Morgan fingerprint density at radius 3 is 1.97 bits per heavy atom. The topological polar surface area (TPSA) is 53.2 Å². The third-order valence-corrected chi connectivity index (χ3v) is 6.85. The minimum absolute atomic E-state index is 0.0522. The van der Waals surface area contributed by atoms with Crippen molar-refractivity contribution in [3.05, 3.63) is 120 Å². The maximum atomic E-state index is 13.4. The van der Waals surface area contributed by atoms with Crippen molar-refractivity contribution in [3.8, 4) is 0 Å². The van der Waals surface area contributed by atoms with Gasteiger partial charge in [0.05, 0.1) is 0 Å². The second-order valence-electron chi connectivity index (χ2n) is 8.19. The van der Waals surface area contributed by atoms with E-state index in [9.17, 15) is 4.79 Å². The van der Waals surface area contributed by atoms with Crippen LogP contribution in [0.3, 0.4) is 0 Å². The van der Waals surface area contributed by atoms with Crippen LogP contribution in [0.25, 0.3) is 0 Å². The Morgan fingerprint density at radius 1 is 0.743 bits per heavy atom. The van der Waals surface area contributed by atoms with Gasteiger partial charge in [0.15, 0.2) is 5.11 Å². The van der Waals surface area contributed by atoms with Crippen molar-refractivity contribution in [2.75, 3.05) is 16.0 Å². The lowest BCUT2D eigenvalue weighted by Crippen LogP contribution is -2.19. The maximum Gasteiger partial charge on any atom is 0.242 e. The Kier molecular flexibility index (Phi) is 8.19. The van der Waals surface area contributed by atoms with Gasteiger partial charge in [0.1, 0.15) is 5.25 Å². The van der Waals surface area contributed by atoms with Gasteiger partial charge in [-0.1, -0.05) is 66.2 Å². The minimum Gasteiger partial charge on any atom is -0.332 e. The summed E-state index contributed by atoms with van der Waals surface area (Å²) < 4.78 is 0. The van der Waals surface area contributed by atoms with Gasteiger partial charge in [-0.3, -0.25) is 4.79 Å². The first kappa shape index (κ1) is 24.5. The predicted octanol–water partition coefficient (Wildman–Crippen LogP) is 7.58. The standard InChI is InChI=1S/C29H27N3OS2/c1-20-13-18-26(21(2)19-20)32-28(33)27(22-9-5-3-6-10-22)35-25-16-14-24(15-17-25)31-29(34)30-23-11-7-4-8-12-23/h3-19,27H,1-2H3,(H,32,33)(H2,30,31,34). The Balaban J connectivity index is 1.46. The molecule has 1 unspecified atom stereocenters. The van der Waals surface area contributed by atoms with E-state index in [1.807, 2.05) is 111 Å². The molecule has 0 heterocycles. The monoisotopic (exact) mass is 497 g/mol. The number of anilines is 3. The van der Waals surface area contributed by atoms with Crippen LogP contribution >= 0.6 is 24.0 Å². The number of thiocarbonyl (C=S) groups is 1. The van der Waals surface area contributed by atoms with Gasteiger partial charge in [-0.15, -0.1) is 11.8 Å². The summed E-state index contributed by atoms with van der Waals surface area (Å²) in [7, 11) is 0. The van der Waals surface area contributed by atoms with Crippen molar-refractivity contribution in [2.45, 2.75) is 24.0 Å². The van der Waals surface area contributed by atoms with E-state index < -0.39 is 5.25 Å². The Bertz CT molecular complexity index is 1290. The van der Waals surface area contributed by atoms with E-state index in [0.717, 1.165) is 33.1 Å². The molecular formula is C29H27N3OS2. The highest BCUT2D eigenvalue weighted by atomic mass is 32.2. The first-order valence-corrected chi connectivity index (χ1v) is 12.6. The van der Waals surface area contributed by atoms with Gasteiger partial charge in [0.2, 0.25) is 5.91 Å². The van der Waals surface area contributed by atoms with Crippen molar-refractivity contribution in [2.24, 2.45) is 0 Å². The third-order valence-electron chi connectivity index (χ3n) is 5.38. The summed E-state index contributed by atoms with van der Waals surface area (Å²) in [6, 6.07) is 33.6. The molecule has 4 aromatic carbocycles. The van der Waals surface area contributed by atoms with Crippen molar-refractivity contribution in [1.82, 2.24) is 0 Å². The maximum absolute atomic E-state index is 13.4. The summed E-state index contributed by atoms with van der Waals surface area (Å²) in [5, 5.41) is 9.61. The van der Waals surface area contributed by atoms with Crippen molar-refractivity contribution < 1.29 is 4.79 Å². The average molecular weight is 498 g/mol. The van der Waals surface area contributed by atoms with E-state index in [0.29, 0.717) is 5.11 Å². The smallest absolute Gasteiger partial charge is 0.242 e. The molecule has 0 aliphatic carbocycles. The number of para-hydroxylation sites is 1. The molecule has 6 heteroatoms. The SMILES string of the molecule is Cc1ccc(NC(=O)C(Sc2ccc(NC(=S)Nc3ccccc3)cc2)c2ccccc2)c(C)c1. The minimum atomic E-state index is -0.392. The molecule has 35 heavy (non-hydrogen) atoms. The number of carbonyl (C=O) groups excluding carboxylic acids is 1. The molecule has 4 nitrogen and oxygen atoms in total. The molecule has 3 N–H and O–H groups in total. The van der Waals surface area contributed by atoms with Gasteiger partial charge in [-0.2, -0.15) is 0 Å². The van der Waals surface area contributed by atoms with E-state index in [4.69, 9.17) is 12.2 Å². The fraction of sp³-hybridized carbons (Fsp3) is 0.103. The van der Waals surface area contributed by atoms with Gasteiger partial charge in [-0.05, 0) is 79.7 Å². The first-order chi connectivity index (χ1) is 17.0. The fourth-order valence-corrected chi connectivity index (χ4v) is 4.88. The summed E-state index contributed by atoms with van der Waals surface area (Å²) in [5.41, 5.74) is 5.81. The van der Waals surface area contributed by atoms with Gasteiger partial charge in [0.25, 0.3) is 0 Å². The fourth-order valence-electron chi connectivity index (χ4n) is 3.62. The number of nitrogens with one attached hydrogen (secondary N) is 3. The van der Waals surface area contributed by atoms with Crippen LogP contribution in [0.4, 0.5) is 17.1 Å². The van der Waals surface area contributed by atoms with Crippen LogP contribution < -0.4 is 16.0 Å². The number of rotatable bonds is 7. The largest absolute Gasteiger partial charge is 0.332 e. The quantitative estimate of drug-likeness (QED) is 0.181. The van der Waals surface area contributed by atoms with E-state index >= 15 is 0 Å². The number of benzene rings is 4. The molecule has 0 saturated heterocycles. The van der Waals surface area contributed by atoms with E-state index in [1.165, 1.54) is 17.3 Å². The molecule has 0 aliphatic rings. The predicted molar refractivity (Wildman–Crippen MR) is 152 cm³/mol. The van der Waals surface area contributed by atoms with Crippen LogP contribution in [-0.2, 0) is 4.79 Å². The number of carbonyl (C=O) groups is 1. The molecule has 4 rings (SSSR count). The Hall–Kier alpha value is -3.61. The molecule has 1 atom stereocenters. The second-order valence-corrected chi connectivity index (χ2v) is 9.77. The normalized spacial score (nSPS) is 11.4. The van der Waals surface area contributed by atoms with Gasteiger partial charge in [-0.25, -0.2) is 0 Å². The van der Waals surface area contributed by atoms with Crippen LogP contribution in [0.15, 0.2) is 108 Å². The number of amides is 1. The van der Waals surface area contributed by atoms with E-state index in [2.05, 4.69) is 22.0 Å². The van der Waals surface area contributed by atoms with Crippen molar-refractivity contribution >= 4 is 52.1 Å². The number of hydrogen-bond acceptors (Lipinski definition) is 3. The van der Waals surface area contributed by atoms with Crippen LogP contribution in [0.5, 0.6) is 0 Å². The Morgan fingerprint density at radius 2 is 1.34 bits per heavy atom. The summed E-state index contributed by atoms with van der Waals surface area (Å²) in [6.07, 6.45) is 0. The highest BCUT2D eigenvalue weighted by molar-refractivity contribution is 8.00. The zero-order chi connectivity index (χ0) is 24.6. The zero-order valence-electron chi connectivity index (χ0n) is 19.6. The molecule has 1 amide bonds. The molecule has 0 aliphatic heterocycles. The molecule has 176 valence electrons. The molecule has 0 spiro atoms. The lowest BCUT2D eigenvalue weighted by Gasteiger charge is -2.18. The van der Waals surface area contributed by atoms with Crippen molar-refractivity contribution in [3.63, 3.8) is 0 Å². The lowest BCUT2D eigenvalue weighted by atomic mass is 10.1. The van der Waals surface area contributed by atoms with Crippen LogP contribution in [-0.4, -0.2) is 11.0 Å². The highest BCUT2D eigenvalue weighted by Crippen LogP contribution is 2.37. The molecule has 0 fully saturated rings. The van der Waals surface area contributed by atoms with E-state index in [-0.39, 0.29) is 5.91 Å². The molecule has 0 saturated carbocycles. The van der Waals surface area contributed by atoms with Crippen LogP contribution in [0.2, 0.25) is 0 Å². The van der Waals surface area contributed by atoms with Crippen LogP contribution in [0.1, 0.15) is 21.9 Å². The number of thioether (sulfide) groups is 1. The zero-order valence-corrected chi connectivity index (χ0v) is 21.3. The summed E-state index contributed by atoms with van der Waals surface area (Å²) >= 11 is 6.94. The molecule has 0 radical (unpaired) electrons. The Labute approximate surface area is 216 Å². The molecule has 4 aromatic rings. The van der Waals surface area contributed by atoms with Gasteiger partial charge in [0, 0.05) is 22.0 Å². The van der Waals surface area contributed by atoms with Gasteiger partial charge < -0.3 is 16.0 Å². The third kappa shape index (κ3) is 6.94. The van der Waals surface area contributed by atoms with E-state index in [1.54, 1.807) is 0 Å². The lowest BCUT2D eigenvalue weighted by molar-refractivity contribution is -0.115. The highest BCUT2D eigenvalue weighted by Gasteiger charge is 2.22. The first-order valence-electron chi connectivity index (χ1n) is 11.3. The number of aryl methyl sites for hydroxylation is 2. The summed E-state index contributed by atoms with van der Waals surface area (Å²) in [6.45, 7) is 4.06. The number of hydrogen-bond donors (Lipinski definition) is 3.